The fraction of sp³-hybridized carbons (Fsp3) is 0.167. The smallest absolute Gasteiger partial charge is 0.254 e. The topological polar surface area (TPSA) is 43.1 Å². The van der Waals surface area contributed by atoms with Gasteiger partial charge in [-0.05, 0) is 61.4 Å². The van der Waals surface area contributed by atoms with Gasteiger partial charge in [0.1, 0.15) is 5.82 Å². The van der Waals surface area contributed by atoms with Crippen molar-refractivity contribution in [3.63, 3.8) is 0 Å². The zero-order chi connectivity index (χ0) is 20.0. The van der Waals surface area contributed by atoms with Crippen LogP contribution in [-0.4, -0.2) is 25.2 Å². The molecule has 144 valence electrons. The Hall–Kier alpha value is -3.60. The highest BCUT2D eigenvalue weighted by Gasteiger charge is 2.31. The highest BCUT2D eigenvalue weighted by Crippen LogP contribution is 2.31. The zero-order valence-electron chi connectivity index (χ0n) is 16.5. The molecule has 5 nitrogen and oxygen atoms in total. The van der Waals surface area contributed by atoms with Gasteiger partial charge in [-0.2, -0.15) is 5.10 Å². The standard InChI is InChI=1S/C24H22N4O/c1-17-10-11-20(14-18(17)2)28-23(26-12-6-7-13-26)21-15-27(16-22(21)25-28)24(29)19-8-4-3-5-9-19/h3-14H,15-16H2,1-2H3. The van der Waals surface area contributed by atoms with Crippen molar-refractivity contribution < 1.29 is 4.79 Å². The minimum absolute atomic E-state index is 0.0415. The maximum Gasteiger partial charge on any atom is 0.254 e. The summed E-state index contributed by atoms with van der Waals surface area (Å²) in [5.41, 5.74) is 6.29. The number of carbonyl (C=O) groups excluding carboxylic acids is 1. The van der Waals surface area contributed by atoms with Gasteiger partial charge in [0.2, 0.25) is 0 Å². The summed E-state index contributed by atoms with van der Waals surface area (Å²) in [7, 11) is 0. The number of nitrogens with zero attached hydrogens (tertiary/aromatic N) is 4. The highest BCUT2D eigenvalue weighted by molar-refractivity contribution is 5.94. The van der Waals surface area contributed by atoms with Gasteiger partial charge in [-0.3, -0.25) is 4.79 Å². The Bertz CT molecular complexity index is 1190. The van der Waals surface area contributed by atoms with E-state index in [9.17, 15) is 4.79 Å². The van der Waals surface area contributed by atoms with Crippen molar-refractivity contribution in [2.75, 3.05) is 0 Å². The molecule has 1 amide bonds. The van der Waals surface area contributed by atoms with Gasteiger partial charge in [0, 0.05) is 23.5 Å². The molecule has 0 saturated carbocycles. The largest absolute Gasteiger partial charge is 0.328 e. The van der Waals surface area contributed by atoms with Crippen LogP contribution in [-0.2, 0) is 13.1 Å². The van der Waals surface area contributed by atoms with E-state index in [0.717, 1.165) is 22.8 Å². The average molecular weight is 382 g/mol. The van der Waals surface area contributed by atoms with E-state index in [1.165, 1.54) is 11.1 Å². The molecule has 5 heteroatoms. The quantitative estimate of drug-likeness (QED) is 0.526. The molecule has 0 N–H and O–H groups in total. The Kier molecular flexibility index (Phi) is 4.09. The molecular weight excluding hydrogens is 360 g/mol. The van der Waals surface area contributed by atoms with Crippen molar-refractivity contribution in [1.82, 2.24) is 19.2 Å². The van der Waals surface area contributed by atoms with Crippen molar-refractivity contribution in [3.8, 4) is 11.5 Å². The van der Waals surface area contributed by atoms with Crippen molar-refractivity contribution in [3.05, 3.63) is 101 Å². The maximum absolute atomic E-state index is 12.9. The van der Waals surface area contributed by atoms with Crippen LogP contribution in [0.3, 0.4) is 0 Å². The molecule has 4 aromatic rings. The summed E-state index contributed by atoms with van der Waals surface area (Å²) in [5.74, 6) is 1.04. The number of hydrogen-bond acceptors (Lipinski definition) is 2. The minimum Gasteiger partial charge on any atom is -0.328 e. The summed E-state index contributed by atoms with van der Waals surface area (Å²) in [5, 5.41) is 4.92. The second-order valence-corrected chi connectivity index (χ2v) is 7.55. The summed E-state index contributed by atoms with van der Waals surface area (Å²) >= 11 is 0. The van der Waals surface area contributed by atoms with E-state index in [1.807, 2.05) is 64.4 Å². The van der Waals surface area contributed by atoms with Gasteiger partial charge in [0.05, 0.1) is 24.5 Å². The molecule has 2 aromatic heterocycles. The third kappa shape index (κ3) is 2.95. The van der Waals surface area contributed by atoms with E-state index < -0.39 is 0 Å². The molecule has 29 heavy (non-hydrogen) atoms. The molecule has 0 fully saturated rings. The number of hydrogen-bond donors (Lipinski definition) is 0. The minimum atomic E-state index is 0.0415. The molecule has 0 unspecified atom stereocenters. The van der Waals surface area contributed by atoms with Crippen LogP contribution in [0.2, 0.25) is 0 Å². The lowest BCUT2D eigenvalue weighted by Gasteiger charge is -2.18. The number of amides is 1. The SMILES string of the molecule is Cc1ccc(-n2nc3c(c2-n2cccc2)CN(C(=O)c2ccccc2)C3)cc1C. The monoisotopic (exact) mass is 382 g/mol. The van der Waals surface area contributed by atoms with Crippen molar-refractivity contribution >= 4 is 5.91 Å². The molecule has 2 aromatic carbocycles. The van der Waals surface area contributed by atoms with Crippen molar-refractivity contribution in [2.24, 2.45) is 0 Å². The molecule has 0 spiro atoms. The van der Waals surface area contributed by atoms with Crippen LogP contribution >= 0.6 is 0 Å². The molecule has 1 aliphatic rings. The maximum atomic E-state index is 12.9. The summed E-state index contributed by atoms with van der Waals surface area (Å²) in [6.45, 7) is 5.31. The Balaban J connectivity index is 1.57. The van der Waals surface area contributed by atoms with Gasteiger partial charge in [0.25, 0.3) is 5.91 Å². The van der Waals surface area contributed by atoms with Crippen molar-refractivity contribution in [2.45, 2.75) is 26.9 Å². The first kappa shape index (κ1) is 17.5. The predicted molar refractivity (Wildman–Crippen MR) is 112 cm³/mol. The molecule has 0 aliphatic carbocycles. The molecular formula is C24H22N4O. The zero-order valence-corrected chi connectivity index (χ0v) is 16.5. The predicted octanol–water partition coefficient (Wildman–Crippen LogP) is 4.44. The molecule has 5 rings (SSSR count). The molecule has 3 heterocycles. The van der Waals surface area contributed by atoms with E-state index in [-0.39, 0.29) is 5.91 Å². The first-order chi connectivity index (χ1) is 14.1. The lowest BCUT2D eigenvalue weighted by molar-refractivity contribution is 0.0749. The van der Waals surface area contributed by atoms with Crippen LogP contribution in [0.5, 0.6) is 0 Å². The average Bonchev–Trinajstić information content (AvgIpc) is 3.46. The fourth-order valence-electron chi connectivity index (χ4n) is 3.89. The Morgan fingerprint density at radius 3 is 2.38 bits per heavy atom. The Morgan fingerprint density at radius 2 is 1.66 bits per heavy atom. The van der Waals surface area contributed by atoms with Gasteiger partial charge in [-0.25, -0.2) is 4.68 Å². The van der Waals surface area contributed by atoms with Crippen LogP contribution in [0.15, 0.2) is 73.1 Å². The second kappa shape index (κ2) is 6.78. The molecule has 0 bridgehead atoms. The molecule has 0 radical (unpaired) electrons. The lowest BCUT2D eigenvalue weighted by Crippen LogP contribution is -2.26. The van der Waals surface area contributed by atoms with Gasteiger partial charge in [0.15, 0.2) is 0 Å². The fourth-order valence-corrected chi connectivity index (χ4v) is 3.89. The third-order valence-corrected chi connectivity index (χ3v) is 5.62. The number of benzene rings is 2. The third-order valence-electron chi connectivity index (χ3n) is 5.62. The lowest BCUT2D eigenvalue weighted by atomic mass is 10.1. The van der Waals surface area contributed by atoms with Gasteiger partial charge >= 0.3 is 0 Å². The molecule has 0 saturated heterocycles. The van der Waals surface area contributed by atoms with E-state index in [0.29, 0.717) is 18.7 Å². The molecule has 0 atom stereocenters. The van der Waals surface area contributed by atoms with Crippen LogP contribution in [0, 0.1) is 13.8 Å². The van der Waals surface area contributed by atoms with Gasteiger partial charge < -0.3 is 9.47 Å². The second-order valence-electron chi connectivity index (χ2n) is 7.55. The first-order valence-electron chi connectivity index (χ1n) is 9.78. The number of aryl methyl sites for hydroxylation is 2. The van der Waals surface area contributed by atoms with Crippen LogP contribution < -0.4 is 0 Å². The van der Waals surface area contributed by atoms with E-state index in [4.69, 9.17) is 5.10 Å². The summed E-state index contributed by atoms with van der Waals surface area (Å²) < 4.78 is 4.08. The first-order valence-corrected chi connectivity index (χ1v) is 9.78. The van der Waals surface area contributed by atoms with E-state index in [2.05, 4.69) is 36.6 Å². The Morgan fingerprint density at radius 1 is 0.897 bits per heavy atom. The van der Waals surface area contributed by atoms with Gasteiger partial charge in [-0.15, -0.1) is 0 Å². The Labute approximate surface area is 169 Å². The van der Waals surface area contributed by atoms with Gasteiger partial charge in [-0.1, -0.05) is 24.3 Å². The normalized spacial score (nSPS) is 13.0. The van der Waals surface area contributed by atoms with E-state index >= 15 is 0 Å². The summed E-state index contributed by atoms with van der Waals surface area (Å²) in [4.78, 5) is 14.8. The van der Waals surface area contributed by atoms with E-state index in [1.54, 1.807) is 0 Å². The van der Waals surface area contributed by atoms with Crippen LogP contribution in [0.4, 0.5) is 0 Å². The van der Waals surface area contributed by atoms with Crippen LogP contribution in [0.1, 0.15) is 32.7 Å². The number of aromatic nitrogens is 3. The van der Waals surface area contributed by atoms with Crippen molar-refractivity contribution in [1.29, 1.82) is 0 Å². The van der Waals surface area contributed by atoms with Crippen LogP contribution in [0.25, 0.3) is 11.5 Å². The molecule has 1 aliphatic heterocycles. The summed E-state index contributed by atoms with van der Waals surface area (Å²) in [6.07, 6.45) is 4.05. The highest BCUT2D eigenvalue weighted by atomic mass is 16.2. The number of rotatable bonds is 3. The number of fused-ring (bicyclic) bond motifs is 1. The number of carbonyl (C=O) groups is 1. The summed E-state index contributed by atoms with van der Waals surface area (Å²) in [6, 6.07) is 19.8.